The molecule has 1 aliphatic rings. The van der Waals surface area contributed by atoms with E-state index in [1.165, 1.54) is 16.2 Å². The molecule has 164 valence electrons. The zero-order chi connectivity index (χ0) is 23.2. The van der Waals surface area contributed by atoms with Gasteiger partial charge >= 0.3 is 0 Å². The molecular weight excluding hydrogens is 490 g/mol. The van der Waals surface area contributed by atoms with Crippen LogP contribution in [0.2, 0.25) is 0 Å². The number of ether oxygens (including phenoxy) is 1. The fourth-order valence-electron chi connectivity index (χ4n) is 3.86. The van der Waals surface area contributed by atoms with E-state index in [1.54, 1.807) is 25.3 Å². The molecule has 5 nitrogen and oxygen atoms in total. The minimum Gasteiger partial charge on any atom is -0.507 e. The van der Waals surface area contributed by atoms with Gasteiger partial charge in [-0.25, -0.2) is 0 Å². The molecule has 0 saturated carbocycles. The average Bonchev–Trinajstić information content (AvgIpc) is 3.30. The number of hydrogen-bond acceptors (Lipinski definition) is 5. The van der Waals surface area contributed by atoms with Gasteiger partial charge in [-0.2, -0.15) is 0 Å². The molecule has 2 aromatic carbocycles. The third-order valence-corrected chi connectivity index (χ3v) is 7.48. The molecule has 1 saturated heterocycles. The molecule has 3 aromatic rings. The molecule has 0 aliphatic carbocycles. The van der Waals surface area contributed by atoms with Crippen LogP contribution < -0.4 is 9.64 Å². The number of aryl methyl sites for hydroxylation is 3. The van der Waals surface area contributed by atoms with Gasteiger partial charge in [-0.1, -0.05) is 6.07 Å². The second-order valence-electron chi connectivity index (χ2n) is 7.75. The van der Waals surface area contributed by atoms with Gasteiger partial charge in [0.1, 0.15) is 17.6 Å². The lowest BCUT2D eigenvalue weighted by Gasteiger charge is -2.25. The van der Waals surface area contributed by atoms with Crippen LogP contribution in [-0.4, -0.2) is 23.9 Å². The Labute approximate surface area is 199 Å². The number of rotatable bonds is 4. The van der Waals surface area contributed by atoms with E-state index in [-0.39, 0.29) is 11.3 Å². The first-order chi connectivity index (χ1) is 15.2. The van der Waals surface area contributed by atoms with Crippen molar-refractivity contribution in [3.63, 3.8) is 0 Å². The normalized spacial score (nSPS) is 17.8. The highest BCUT2D eigenvalue weighted by molar-refractivity contribution is 9.10. The van der Waals surface area contributed by atoms with Gasteiger partial charge in [0.25, 0.3) is 11.7 Å². The van der Waals surface area contributed by atoms with E-state index in [9.17, 15) is 14.7 Å². The molecule has 1 aromatic heterocycles. The largest absolute Gasteiger partial charge is 0.507 e. The predicted octanol–water partition coefficient (Wildman–Crippen LogP) is 6.07. The summed E-state index contributed by atoms with van der Waals surface area (Å²) in [6.07, 6.45) is 0. The number of aliphatic hydroxyl groups is 1. The minimum absolute atomic E-state index is 0.0795. The maximum absolute atomic E-state index is 13.2. The summed E-state index contributed by atoms with van der Waals surface area (Å²) >= 11 is 4.88. The third kappa shape index (κ3) is 3.65. The van der Waals surface area contributed by atoms with Crippen LogP contribution >= 0.6 is 27.3 Å². The first-order valence-corrected chi connectivity index (χ1v) is 11.7. The number of carbonyl (C=O) groups is 2. The molecule has 1 aliphatic heterocycles. The molecule has 1 unspecified atom stereocenters. The van der Waals surface area contributed by atoms with Crippen LogP contribution in [0.1, 0.15) is 33.2 Å². The van der Waals surface area contributed by atoms with Crippen molar-refractivity contribution in [2.45, 2.75) is 26.8 Å². The number of amides is 1. The van der Waals surface area contributed by atoms with Gasteiger partial charge in [-0.3, -0.25) is 14.5 Å². The van der Waals surface area contributed by atoms with Gasteiger partial charge in [0.15, 0.2) is 0 Å². The summed E-state index contributed by atoms with van der Waals surface area (Å²) in [6.45, 7) is 5.90. The summed E-state index contributed by atoms with van der Waals surface area (Å²) < 4.78 is 5.90. The summed E-state index contributed by atoms with van der Waals surface area (Å²) in [5.74, 6) is -0.968. The number of aliphatic hydroxyl groups excluding tert-OH is 1. The number of methoxy groups -OCH3 is 1. The van der Waals surface area contributed by atoms with Crippen LogP contribution in [0.4, 0.5) is 5.69 Å². The van der Waals surface area contributed by atoms with E-state index in [0.29, 0.717) is 21.5 Å². The molecule has 2 heterocycles. The lowest BCUT2D eigenvalue weighted by Crippen LogP contribution is -2.29. The van der Waals surface area contributed by atoms with E-state index < -0.39 is 17.7 Å². The Hall–Kier alpha value is -2.90. The van der Waals surface area contributed by atoms with E-state index in [0.717, 1.165) is 21.6 Å². The van der Waals surface area contributed by atoms with Crippen LogP contribution in [0.5, 0.6) is 5.75 Å². The fourth-order valence-corrected chi connectivity index (χ4v) is 5.42. The van der Waals surface area contributed by atoms with Gasteiger partial charge in [0, 0.05) is 16.1 Å². The summed E-state index contributed by atoms with van der Waals surface area (Å²) in [4.78, 5) is 28.8. The highest BCUT2D eigenvalue weighted by Crippen LogP contribution is 2.45. The highest BCUT2D eigenvalue weighted by Gasteiger charge is 2.48. The number of anilines is 1. The zero-order valence-electron chi connectivity index (χ0n) is 18.1. The molecule has 1 amide bonds. The lowest BCUT2D eigenvalue weighted by molar-refractivity contribution is -0.132. The number of carbonyl (C=O) groups excluding carboxylic acids is 2. The molecule has 1 atom stereocenters. The van der Waals surface area contributed by atoms with Crippen molar-refractivity contribution >= 4 is 50.4 Å². The van der Waals surface area contributed by atoms with Gasteiger partial charge in [-0.15, -0.1) is 11.3 Å². The van der Waals surface area contributed by atoms with Crippen molar-refractivity contribution < 1.29 is 19.4 Å². The number of hydrogen-bond donors (Lipinski definition) is 1. The maximum atomic E-state index is 13.2. The summed E-state index contributed by atoms with van der Waals surface area (Å²) in [5.41, 5.74) is 4.20. The Bertz CT molecular complexity index is 1280. The fraction of sp³-hybridized carbons (Fsp3) is 0.200. The zero-order valence-corrected chi connectivity index (χ0v) is 20.5. The Morgan fingerprint density at radius 1 is 1.03 bits per heavy atom. The second-order valence-corrected chi connectivity index (χ2v) is 9.56. The van der Waals surface area contributed by atoms with Gasteiger partial charge in [-0.05, 0) is 95.2 Å². The average molecular weight is 512 g/mol. The van der Waals surface area contributed by atoms with Crippen molar-refractivity contribution in [2.75, 3.05) is 12.0 Å². The van der Waals surface area contributed by atoms with Gasteiger partial charge in [0.05, 0.1) is 17.2 Å². The molecule has 0 bridgehead atoms. The van der Waals surface area contributed by atoms with Crippen LogP contribution in [0.25, 0.3) is 5.76 Å². The van der Waals surface area contributed by atoms with E-state index in [4.69, 9.17) is 4.74 Å². The molecule has 1 N–H and O–H groups in total. The van der Waals surface area contributed by atoms with E-state index in [1.807, 2.05) is 50.4 Å². The molecular formula is C25H22BrNO4S. The molecule has 4 rings (SSSR count). The summed E-state index contributed by atoms with van der Waals surface area (Å²) in [6, 6.07) is 12.0. The molecule has 0 spiro atoms. The first-order valence-electron chi connectivity index (χ1n) is 10.0. The first kappa shape index (κ1) is 22.3. The molecule has 32 heavy (non-hydrogen) atoms. The quantitative estimate of drug-likeness (QED) is 0.262. The van der Waals surface area contributed by atoms with Gasteiger partial charge < -0.3 is 9.84 Å². The number of thiophene rings is 1. The van der Waals surface area contributed by atoms with Crippen molar-refractivity contribution in [1.82, 2.24) is 0 Å². The van der Waals surface area contributed by atoms with E-state index in [2.05, 4.69) is 15.9 Å². The summed E-state index contributed by atoms with van der Waals surface area (Å²) in [7, 11) is 1.55. The number of halogens is 1. The highest BCUT2D eigenvalue weighted by atomic mass is 79.9. The van der Waals surface area contributed by atoms with Gasteiger partial charge in [0.2, 0.25) is 0 Å². The second kappa shape index (κ2) is 8.56. The maximum Gasteiger partial charge on any atom is 0.300 e. The molecule has 1 fully saturated rings. The Morgan fingerprint density at radius 3 is 2.38 bits per heavy atom. The van der Waals surface area contributed by atoms with Crippen LogP contribution in [0.15, 0.2) is 57.9 Å². The van der Waals surface area contributed by atoms with Crippen molar-refractivity contribution in [3.05, 3.63) is 85.0 Å². The Balaban J connectivity index is 1.95. The monoisotopic (exact) mass is 511 g/mol. The van der Waals surface area contributed by atoms with Crippen molar-refractivity contribution in [3.8, 4) is 5.75 Å². The topological polar surface area (TPSA) is 66.8 Å². The predicted molar refractivity (Wildman–Crippen MR) is 130 cm³/mol. The standard InChI is InChI=1S/C25H22BrNO4S/c1-13-5-7-17(11-15(13)3)27-21(24-14(2)9-10-32-24)20(23(29)25(27)30)22(28)16-6-8-19(31-4)18(26)12-16/h5-12,21,28H,1-4H3/b22-20-. The number of ketones is 1. The van der Waals surface area contributed by atoms with Crippen LogP contribution in [0, 0.1) is 20.8 Å². The third-order valence-electron chi connectivity index (χ3n) is 5.79. The van der Waals surface area contributed by atoms with E-state index >= 15 is 0 Å². The van der Waals surface area contributed by atoms with Crippen LogP contribution in [0.3, 0.4) is 0 Å². The Kier molecular flexibility index (Phi) is 5.97. The molecule has 0 radical (unpaired) electrons. The number of nitrogens with zero attached hydrogens (tertiary/aromatic N) is 1. The number of Topliss-reactive ketones (excluding diaryl/α,β-unsaturated/α-hetero) is 1. The molecule has 7 heteroatoms. The smallest absolute Gasteiger partial charge is 0.300 e. The van der Waals surface area contributed by atoms with Crippen molar-refractivity contribution in [1.29, 1.82) is 0 Å². The number of benzene rings is 2. The Morgan fingerprint density at radius 2 is 1.78 bits per heavy atom. The van der Waals surface area contributed by atoms with Crippen LogP contribution in [-0.2, 0) is 9.59 Å². The minimum atomic E-state index is -0.710. The summed E-state index contributed by atoms with van der Waals surface area (Å²) in [5, 5.41) is 13.2. The van der Waals surface area contributed by atoms with Crippen molar-refractivity contribution in [2.24, 2.45) is 0 Å². The lowest BCUT2D eigenvalue weighted by atomic mass is 9.98. The SMILES string of the molecule is COc1ccc(/C(O)=C2/C(=O)C(=O)N(c3ccc(C)c(C)c3)C2c2sccc2C)cc1Br.